The van der Waals surface area contributed by atoms with E-state index in [1.54, 1.807) is 11.8 Å². The molecule has 6 nitrogen and oxygen atoms in total. The monoisotopic (exact) mass is 334 g/mol. The Morgan fingerprint density at radius 1 is 1.48 bits per heavy atom. The highest BCUT2D eigenvalue weighted by molar-refractivity contribution is 8.01. The Morgan fingerprint density at radius 2 is 2.30 bits per heavy atom. The quantitative estimate of drug-likeness (QED) is 0.879. The van der Waals surface area contributed by atoms with Crippen molar-refractivity contribution >= 4 is 23.6 Å². The van der Waals surface area contributed by atoms with Crippen molar-refractivity contribution in [3.63, 3.8) is 0 Å². The fourth-order valence-corrected chi connectivity index (χ4v) is 5.45. The van der Waals surface area contributed by atoms with Crippen molar-refractivity contribution in [2.24, 2.45) is 0 Å². The minimum atomic E-state index is -0.314. The molecule has 7 heteroatoms. The van der Waals surface area contributed by atoms with Gasteiger partial charge in [-0.25, -0.2) is 4.98 Å². The third kappa shape index (κ3) is 2.45. The molecule has 23 heavy (non-hydrogen) atoms. The zero-order valence-corrected chi connectivity index (χ0v) is 14.4. The summed E-state index contributed by atoms with van der Waals surface area (Å²) in [5.41, 5.74) is 1.03. The Balaban J connectivity index is 1.44. The molecular weight excluding hydrogens is 312 g/mol. The lowest BCUT2D eigenvalue weighted by Crippen LogP contribution is -2.53. The summed E-state index contributed by atoms with van der Waals surface area (Å²) in [6, 6.07) is -0.191. The molecule has 1 N–H and O–H groups in total. The zero-order valence-electron chi connectivity index (χ0n) is 13.5. The number of nitrogens with one attached hydrogen (secondary N) is 1. The summed E-state index contributed by atoms with van der Waals surface area (Å²) in [4.78, 5) is 31.0. The van der Waals surface area contributed by atoms with Gasteiger partial charge in [0.25, 0.3) is 0 Å². The molecule has 2 fully saturated rings. The van der Waals surface area contributed by atoms with E-state index in [1.165, 1.54) is 0 Å². The number of nitrogens with zero attached hydrogens (tertiary/aromatic N) is 3. The van der Waals surface area contributed by atoms with E-state index in [-0.39, 0.29) is 28.8 Å². The first-order valence-corrected chi connectivity index (χ1v) is 9.24. The fraction of sp³-hybridized carbons (Fsp3) is 0.688. The van der Waals surface area contributed by atoms with Crippen LogP contribution in [0.25, 0.3) is 0 Å². The first-order valence-electron chi connectivity index (χ1n) is 8.25. The first kappa shape index (κ1) is 15.1. The number of thioether (sulfide) groups is 1. The lowest BCUT2D eigenvalue weighted by atomic mass is 10.1. The third-order valence-corrected chi connectivity index (χ3v) is 6.71. The third-order valence-electron chi connectivity index (χ3n) is 5.21. The van der Waals surface area contributed by atoms with Gasteiger partial charge in [0.2, 0.25) is 11.8 Å². The summed E-state index contributed by atoms with van der Waals surface area (Å²) in [7, 11) is 0. The van der Waals surface area contributed by atoms with Crippen LogP contribution in [0.5, 0.6) is 0 Å². The average Bonchev–Trinajstić information content (AvgIpc) is 3.12. The molecule has 0 bridgehead atoms. The van der Waals surface area contributed by atoms with Crippen LogP contribution in [0, 0.1) is 6.92 Å². The molecule has 4 rings (SSSR count). The smallest absolute Gasteiger partial charge is 0.243 e. The molecule has 0 aromatic carbocycles. The molecular formula is C16H22N4O2S. The zero-order chi connectivity index (χ0) is 16.2. The number of carbonyl (C=O) groups excluding carboxylic acids is 2. The molecule has 0 aliphatic carbocycles. The largest absolute Gasteiger partial charge is 0.350 e. The second kappa shape index (κ2) is 5.26. The number of aryl methyl sites for hydroxylation is 2. The van der Waals surface area contributed by atoms with E-state index in [0.717, 1.165) is 37.3 Å². The number of fused-ring (bicyclic) bond motifs is 2. The fourth-order valence-electron chi connectivity index (χ4n) is 4.02. The van der Waals surface area contributed by atoms with E-state index in [4.69, 9.17) is 0 Å². The molecule has 3 unspecified atom stereocenters. The van der Waals surface area contributed by atoms with Crippen molar-refractivity contribution in [3.8, 4) is 0 Å². The molecule has 1 aromatic heterocycles. The number of aromatic nitrogens is 2. The highest BCUT2D eigenvalue weighted by atomic mass is 32.2. The predicted octanol–water partition coefficient (Wildman–Crippen LogP) is 1.08. The Kier molecular flexibility index (Phi) is 3.44. The van der Waals surface area contributed by atoms with Gasteiger partial charge in [-0.2, -0.15) is 0 Å². The summed E-state index contributed by atoms with van der Waals surface area (Å²) in [6.07, 6.45) is 5.25. The van der Waals surface area contributed by atoms with E-state index in [9.17, 15) is 9.59 Å². The van der Waals surface area contributed by atoms with Gasteiger partial charge in [-0.15, -0.1) is 11.8 Å². The van der Waals surface area contributed by atoms with Crippen LogP contribution >= 0.6 is 11.8 Å². The summed E-state index contributed by atoms with van der Waals surface area (Å²) in [5, 5.41) is 3.17. The van der Waals surface area contributed by atoms with E-state index in [1.807, 2.05) is 18.0 Å². The number of hydrogen-bond acceptors (Lipinski definition) is 4. The Labute approximate surface area is 140 Å². The average molecular weight is 334 g/mol. The minimum absolute atomic E-state index is 0.00163. The van der Waals surface area contributed by atoms with Crippen LogP contribution in [0.15, 0.2) is 6.20 Å². The number of amides is 2. The maximum Gasteiger partial charge on any atom is 0.243 e. The van der Waals surface area contributed by atoms with E-state index in [2.05, 4.69) is 21.8 Å². The van der Waals surface area contributed by atoms with Gasteiger partial charge in [-0.1, -0.05) is 0 Å². The summed E-state index contributed by atoms with van der Waals surface area (Å²) < 4.78 is 2.14. The molecule has 124 valence electrons. The van der Waals surface area contributed by atoms with Crippen molar-refractivity contribution < 1.29 is 9.59 Å². The molecule has 1 aromatic rings. The second-order valence-corrected chi connectivity index (χ2v) is 8.46. The van der Waals surface area contributed by atoms with Crippen molar-refractivity contribution in [3.05, 3.63) is 17.7 Å². The highest BCUT2D eigenvalue weighted by Crippen LogP contribution is 2.47. The van der Waals surface area contributed by atoms with E-state index < -0.39 is 0 Å². The molecule has 0 saturated carbocycles. The van der Waals surface area contributed by atoms with Gasteiger partial charge in [-0.05, 0) is 26.7 Å². The Bertz CT molecular complexity index is 673. The molecule has 3 atom stereocenters. The van der Waals surface area contributed by atoms with Crippen LogP contribution in [-0.2, 0) is 22.6 Å². The highest BCUT2D eigenvalue weighted by Gasteiger charge is 2.53. The summed E-state index contributed by atoms with van der Waals surface area (Å²) in [5.74, 6) is 1.93. The molecule has 4 heterocycles. The van der Waals surface area contributed by atoms with Crippen LogP contribution in [0.1, 0.15) is 37.7 Å². The summed E-state index contributed by atoms with van der Waals surface area (Å²) in [6.45, 7) is 4.85. The normalized spacial score (nSPS) is 32.8. The molecule has 2 saturated heterocycles. The Hall–Kier alpha value is -1.50. The predicted molar refractivity (Wildman–Crippen MR) is 87.9 cm³/mol. The second-order valence-electron chi connectivity index (χ2n) is 6.96. The van der Waals surface area contributed by atoms with E-state index in [0.29, 0.717) is 12.2 Å². The topological polar surface area (TPSA) is 67.2 Å². The van der Waals surface area contributed by atoms with Crippen molar-refractivity contribution in [1.82, 2.24) is 19.8 Å². The van der Waals surface area contributed by atoms with Gasteiger partial charge in [0.05, 0.1) is 10.6 Å². The lowest BCUT2D eigenvalue weighted by molar-refractivity contribution is -0.138. The number of rotatable bonds is 2. The lowest BCUT2D eigenvalue weighted by Gasteiger charge is -2.31. The summed E-state index contributed by atoms with van der Waals surface area (Å²) >= 11 is 1.74. The maximum absolute atomic E-state index is 12.7. The number of carbonyl (C=O) groups is 2. The van der Waals surface area contributed by atoms with Crippen LogP contribution in [0.3, 0.4) is 0 Å². The van der Waals surface area contributed by atoms with Crippen molar-refractivity contribution in [1.29, 1.82) is 0 Å². The van der Waals surface area contributed by atoms with Gasteiger partial charge in [0.15, 0.2) is 0 Å². The molecule has 2 amide bonds. The standard InChI is InChI=1S/C16H22N4O2S/c1-10-7-19-8-11(3-4-13(19)17-10)18-15(22)12-9-23-16(2)6-5-14(21)20(12)16/h7,11-12H,3-6,8-9H2,1-2H3,(H,18,22). The van der Waals surface area contributed by atoms with Crippen molar-refractivity contribution in [2.45, 2.75) is 63.0 Å². The van der Waals surface area contributed by atoms with Gasteiger partial charge < -0.3 is 14.8 Å². The van der Waals surface area contributed by atoms with Crippen LogP contribution < -0.4 is 5.32 Å². The van der Waals surface area contributed by atoms with Gasteiger partial charge >= 0.3 is 0 Å². The molecule has 3 aliphatic rings. The number of imidazole rings is 1. The van der Waals surface area contributed by atoms with Gasteiger partial charge in [-0.3, -0.25) is 9.59 Å². The Morgan fingerprint density at radius 3 is 3.13 bits per heavy atom. The van der Waals surface area contributed by atoms with Crippen LogP contribution in [-0.4, -0.2) is 49.0 Å². The first-order chi connectivity index (χ1) is 11.0. The van der Waals surface area contributed by atoms with Gasteiger partial charge in [0, 0.05) is 37.4 Å². The molecule has 3 aliphatic heterocycles. The molecule has 0 spiro atoms. The van der Waals surface area contributed by atoms with Crippen LogP contribution in [0.4, 0.5) is 0 Å². The van der Waals surface area contributed by atoms with Crippen molar-refractivity contribution in [2.75, 3.05) is 5.75 Å². The maximum atomic E-state index is 12.7. The van der Waals surface area contributed by atoms with E-state index >= 15 is 0 Å². The molecule has 0 radical (unpaired) electrons. The SMILES string of the molecule is Cc1cn2c(n1)CCC(NC(=O)C1CSC3(C)CCC(=O)N13)C2. The van der Waals surface area contributed by atoms with Crippen LogP contribution in [0.2, 0.25) is 0 Å². The number of hydrogen-bond donors (Lipinski definition) is 1. The minimum Gasteiger partial charge on any atom is -0.350 e. The van der Waals surface area contributed by atoms with Gasteiger partial charge in [0.1, 0.15) is 11.9 Å².